The molecular weight excluding hydrogens is 259 g/mol. The van der Waals surface area contributed by atoms with Crippen LogP contribution in [-0.2, 0) is 11.0 Å². The monoisotopic (exact) mass is 271 g/mol. The molecule has 1 atom stereocenters. The van der Waals surface area contributed by atoms with Crippen LogP contribution in [0.15, 0.2) is 18.2 Å². The lowest BCUT2D eigenvalue weighted by molar-refractivity contribution is -0.137. The summed E-state index contributed by atoms with van der Waals surface area (Å²) in [7, 11) is 0. The highest BCUT2D eigenvalue weighted by atomic mass is 19.4. The number of nitriles is 1. The summed E-state index contributed by atoms with van der Waals surface area (Å²) in [5.41, 5.74) is 4.30. The van der Waals surface area contributed by atoms with E-state index >= 15 is 0 Å². The predicted octanol–water partition coefficient (Wildman–Crippen LogP) is 2.25. The number of hydrogen-bond acceptors (Lipinski definition) is 3. The highest BCUT2D eigenvalue weighted by Gasteiger charge is 2.31. The van der Waals surface area contributed by atoms with Gasteiger partial charge in [-0.25, -0.2) is 0 Å². The third kappa shape index (κ3) is 3.69. The first-order chi connectivity index (χ1) is 8.79. The van der Waals surface area contributed by atoms with Crippen LogP contribution in [-0.4, -0.2) is 11.9 Å². The van der Waals surface area contributed by atoms with Gasteiger partial charge < -0.3 is 11.1 Å². The van der Waals surface area contributed by atoms with Crippen molar-refractivity contribution >= 4 is 11.6 Å². The Morgan fingerprint density at radius 2 is 2.16 bits per heavy atom. The first-order valence-electron chi connectivity index (χ1n) is 5.47. The topological polar surface area (TPSA) is 78.9 Å². The van der Waals surface area contributed by atoms with Crippen molar-refractivity contribution in [3.05, 3.63) is 29.3 Å². The molecular formula is C12H12F3N3O. The minimum Gasteiger partial charge on any atom is -0.324 e. The van der Waals surface area contributed by atoms with E-state index in [9.17, 15) is 18.0 Å². The van der Waals surface area contributed by atoms with Gasteiger partial charge in [0, 0.05) is 0 Å². The third-order valence-electron chi connectivity index (χ3n) is 2.50. The van der Waals surface area contributed by atoms with Gasteiger partial charge in [-0.2, -0.15) is 18.4 Å². The maximum Gasteiger partial charge on any atom is 0.416 e. The van der Waals surface area contributed by atoms with Crippen molar-refractivity contribution in [2.75, 3.05) is 5.32 Å². The number of carbonyl (C=O) groups is 1. The van der Waals surface area contributed by atoms with E-state index in [1.54, 1.807) is 13.0 Å². The van der Waals surface area contributed by atoms with Crippen LogP contribution in [0, 0.1) is 11.3 Å². The first kappa shape index (κ1) is 15.0. The zero-order valence-corrected chi connectivity index (χ0v) is 10.1. The van der Waals surface area contributed by atoms with Gasteiger partial charge in [0.1, 0.15) is 6.07 Å². The molecule has 1 unspecified atom stereocenters. The Labute approximate surface area is 108 Å². The van der Waals surface area contributed by atoms with Crippen molar-refractivity contribution in [3.63, 3.8) is 0 Å². The maximum absolute atomic E-state index is 12.5. The smallest absolute Gasteiger partial charge is 0.324 e. The summed E-state index contributed by atoms with van der Waals surface area (Å²) in [5.74, 6) is -0.543. The number of benzene rings is 1. The Bertz CT molecular complexity index is 520. The van der Waals surface area contributed by atoms with Crippen LogP contribution in [0.5, 0.6) is 0 Å². The number of halogens is 3. The second kappa shape index (κ2) is 5.71. The molecule has 0 fully saturated rings. The summed E-state index contributed by atoms with van der Waals surface area (Å²) in [5, 5.41) is 11.2. The van der Waals surface area contributed by atoms with Crippen LogP contribution < -0.4 is 11.1 Å². The van der Waals surface area contributed by atoms with Crippen LogP contribution >= 0.6 is 0 Å². The number of anilines is 1. The summed E-state index contributed by atoms with van der Waals surface area (Å²) >= 11 is 0. The lowest BCUT2D eigenvalue weighted by Gasteiger charge is -2.13. The van der Waals surface area contributed by atoms with Crippen LogP contribution in [0.25, 0.3) is 0 Å². The van der Waals surface area contributed by atoms with Crippen molar-refractivity contribution in [2.24, 2.45) is 5.73 Å². The zero-order chi connectivity index (χ0) is 14.6. The van der Waals surface area contributed by atoms with Gasteiger partial charge in [0.2, 0.25) is 5.91 Å². The molecule has 0 saturated heterocycles. The van der Waals surface area contributed by atoms with E-state index in [1.807, 2.05) is 0 Å². The van der Waals surface area contributed by atoms with E-state index < -0.39 is 23.7 Å². The van der Waals surface area contributed by atoms with Gasteiger partial charge in [-0.15, -0.1) is 0 Å². The zero-order valence-electron chi connectivity index (χ0n) is 10.1. The maximum atomic E-state index is 12.5. The quantitative estimate of drug-likeness (QED) is 0.885. The fourth-order valence-corrected chi connectivity index (χ4v) is 1.33. The highest BCUT2D eigenvalue weighted by molar-refractivity contribution is 5.95. The Balaban J connectivity index is 3.05. The summed E-state index contributed by atoms with van der Waals surface area (Å²) in [6, 6.07) is 3.38. The van der Waals surface area contributed by atoms with Gasteiger partial charge in [0.25, 0.3) is 0 Å². The molecule has 0 heterocycles. The number of nitrogens with two attached hydrogens (primary N) is 1. The molecule has 0 bridgehead atoms. The van der Waals surface area contributed by atoms with Crippen molar-refractivity contribution in [2.45, 2.75) is 25.6 Å². The van der Waals surface area contributed by atoms with Crippen LogP contribution in [0.4, 0.5) is 18.9 Å². The van der Waals surface area contributed by atoms with Gasteiger partial charge in [-0.3, -0.25) is 4.79 Å². The number of hydrogen-bond donors (Lipinski definition) is 2. The average molecular weight is 271 g/mol. The molecule has 0 aliphatic heterocycles. The summed E-state index contributed by atoms with van der Waals surface area (Å²) < 4.78 is 37.4. The summed E-state index contributed by atoms with van der Waals surface area (Å²) in [6.07, 6.45) is -4.15. The van der Waals surface area contributed by atoms with Crippen LogP contribution in [0.1, 0.15) is 24.5 Å². The molecule has 102 valence electrons. The lowest BCUT2D eigenvalue weighted by atomic mass is 10.1. The number of rotatable bonds is 3. The minimum atomic E-state index is -4.53. The average Bonchev–Trinajstić information content (AvgIpc) is 2.36. The SMILES string of the molecule is CCC(N)C(=O)Nc1ccc(C(F)(F)F)cc1C#N. The molecule has 7 heteroatoms. The number of amides is 1. The normalized spacial score (nSPS) is 12.6. The van der Waals surface area contributed by atoms with Gasteiger partial charge in [0.05, 0.1) is 22.9 Å². The Morgan fingerprint density at radius 3 is 2.63 bits per heavy atom. The molecule has 3 N–H and O–H groups in total. The second-order valence-electron chi connectivity index (χ2n) is 3.87. The molecule has 4 nitrogen and oxygen atoms in total. The molecule has 1 rings (SSSR count). The van der Waals surface area contributed by atoms with Crippen LogP contribution in [0.3, 0.4) is 0 Å². The fraction of sp³-hybridized carbons (Fsp3) is 0.333. The third-order valence-corrected chi connectivity index (χ3v) is 2.50. The van der Waals surface area contributed by atoms with E-state index in [4.69, 9.17) is 11.0 Å². The van der Waals surface area contributed by atoms with E-state index in [-0.39, 0.29) is 11.3 Å². The van der Waals surface area contributed by atoms with Crippen LogP contribution in [0.2, 0.25) is 0 Å². The standard InChI is InChI=1S/C12H12F3N3O/c1-2-9(17)11(19)18-10-4-3-8(12(13,14)15)5-7(10)6-16/h3-5,9H,2,17H2,1H3,(H,18,19). The van der Waals surface area contributed by atoms with Gasteiger partial charge in [-0.1, -0.05) is 6.92 Å². The van der Waals surface area contributed by atoms with E-state index in [1.165, 1.54) is 0 Å². The molecule has 1 amide bonds. The number of nitrogens with zero attached hydrogens (tertiary/aromatic N) is 1. The molecule has 0 radical (unpaired) electrons. The number of alkyl halides is 3. The molecule has 0 saturated carbocycles. The van der Waals surface area contributed by atoms with Gasteiger partial charge in [-0.05, 0) is 24.6 Å². The molecule has 0 aliphatic rings. The van der Waals surface area contributed by atoms with Crippen molar-refractivity contribution in [3.8, 4) is 6.07 Å². The Morgan fingerprint density at radius 1 is 1.53 bits per heavy atom. The lowest BCUT2D eigenvalue weighted by Crippen LogP contribution is -2.35. The van der Waals surface area contributed by atoms with Crippen molar-refractivity contribution in [1.82, 2.24) is 0 Å². The molecule has 1 aromatic carbocycles. The van der Waals surface area contributed by atoms with Gasteiger partial charge >= 0.3 is 6.18 Å². The Hall–Kier alpha value is -2.07. The second-order valence-corrected chi connectivity index (χ2v) is 3.87. The molecule has 0 spiro atoms. The summed E-state index contributed by atoms with van der Waals surface area (Å²) in [4.78, 5) is 11.5. The van der Waals surface area contributed by atoms with E-state index in [0.717, 1.165) is 12.1 Å². The molecule has 0 aliphatic carbocycles. The van der Waals surface area contributed by atoms with Gasteiger partial charge in [0.15, 0.2) is 0 Å². The van der Waals surface area contributed by atoms with E-state index in [0.29, 0.717) is 12.5 Å². The van der Waals surface area contributed by atoms with Crippen molar-refractivity contribution in [1.29, 1.82) is 5.26 Å². The fourth-order valence-electron chi connectivity index (χ4n) is 1.33. The molecule has 0 aromatic heterocycles. The highest BCUT2D eigenvalue weighted by Crippen LogP contribution is 2.31. The summed E-state index contributed by atoms with van der Waals surface area (Å²) in [6.45, 7) is 1.70. The number of nitrogens with one attached hydrogen (secondary N) is 1. The van der Waals surface area contributed by atoms with E-state index in [2.05, 4.69) is 5.32 Å². The minimum absolute atomic E-state index is 0.0180. The largest absolute Gasteiger partial charge is 0.416 e. The predicted molar refractivity (Wildman–Crippen MR) is 63.1 cm³/mol. The number of carbonyl (C=O) groups excluding carboxylic acids is 1. The first-order valence-corrected chi connectivity index (χ1v) is 5.47. The van der Waals surface area contributed by atoms with Crippen molar-refractivity contribution < 1.29 is 18.0 Å². The molecule has 19 heavy (non-hydrogen) atoms. The molecule has 1 aromatic rings. The Kier molecular flexibility index (Phi) is 4.51.